The van der Waals surface area contributed by atoms with E-state index >= 15 is 0 Å². The molecule has 1 aliphatic rings. The lowest BCUT2D eigenvalue weighted by molar-refractivity contribution is -0.136. The van der Waals surface area contributed by atoms with E-state index < -0.39 is 23.6 Å². The molecule has 0 saturated carbocycles. The number of aliphatic carboxylic acids is 1. The van der Waals surface area contributed by atoms with Gasteiger partial charge in [-0.15, -0.1) is 0 Å². The molecule has 1 atom stereocenters. The molecule has 1 aliphatic heterocycles. The summed E-state index contributed by atoms with van der Waals surface area (Å²) in [4.78, 5) is 25.7. The molecule has 0 fully saturated rings. The zero-order valence-corrected chi connectivity index (χ0v) is 16.5. The molecule has 158 valence electrons. The monoisotopic (exact) mass is 422 g/mol. The van der Waals surface area contributed by atoms with E-state index in [0.717, 1.165) is 23.4 Å². The van der Waals surface area contributed by atoms with E-state index in [-0.39, 0.29) is 18.7 Å². The fourth-order valence-corrected chi connectivity index (χ4v) is 3.78. The second-order valence-corrected chi connectivity index (χ2v) is 7.49. The first kappa shape index (κ1) is 20.5. The predicted octanol–water partition coefficient (Wildman–Crippen LogP) is 4.16. The van der Waals surface area contributed by atoms with Crippen LogP contribution < -0.4 is 10.2 Å². The Kier molecular flexibility index (Phi) is 5.66. The van der Waals surface area contributed by atoms with Crippen LogP contribution >= 0.6 is 0 Å². The van der Waals surface area contributed by atoms with Gasteiger partial charge in [-0.2, -0.15) is 0 Å². The Hall–Kier alpha value is -3.74. The smallest absolute Gasteiger partial charge is 0.307 e. The maximum atomic E-state index is 13.7. The van der Waals surface area contributed by atoms with E-state index in [2.05, 4.69) is 5.32 Å². The molecule has 1 unspecified atom stereocenters. The van der Waals surface area contributed by atoms with Gasteiger partial charge in [-0.25, -0.2) is 8.78 Å². The van der Waals surface area contributed by atoms with Crippen molar-refractivity contribution in [1.82, 2.24) is 0 Å². The summed E-state index contributed by atoms with van der Waals surface area (Å²) in [6, 6.07) is 17.6. The molecule has 0 aromatic heterocycles. The van der Waals surface area contributed by atoms with E-state index in [0.29, 0.717) is 23.4 Å². The summed E-state index contributed by atoms with van der Waals surface area (Å²) < 4.78 is 27.0. The highest BCUT2D eigenvalue weighted by atomic mass is 19.2. The second-order valence-electron chi connectivity index (χ2n) is 7.49. The van der Waals surface area contributed by atoms with Crippen LogP contribution in [0.15, 0.2) is 66.7 Å². The van der Waals surface area contributed by atoms with Gasteiger partial charge in [0.1, 0.15) is 6.04 Å². The predicted molar refractivity (Wildman–Crippen MR) is 113 cm³/mol. The van der Waals surface area contributed by atoms with E-state index in [1.54, 1.807) is 12.1 Å². The zero-order chi connectivity index (χ0) is 22.0. The molecule has 4 rings (SSSR count). The van der Waals surface area contributed by atoms with Crippen LogP contribution in [0.4, 0.5) is 20.2 Å². The lowest BCUT2D eigenvalue weighted by atomic mass is 9.98. The largest absolute Gasteiger partial charge is 0.481 e. The van der Waals surface area contributed by atoms with Gasteiger partial charge in [-0.1, -0.05) is 42.5 Å². The number of rotatable bonds is 6. The molecule has 7 heteroatoms. The number of hydrogen-bond donors (Lipinski definition) is 2. The number of halogens is 2. The van der Waals surface area contributed by atoms with Crippen LogP contribution in [-0.4, -0.2) is 23.0 Å². The van der Waals surface area contributed by atoms with Gasteiger partial charge in [0.05, 0.1) is 17.8 Å². The summed E-state index contributed by atoms with van der Waals surface area (Å²) >= 11 is 0. The topological polar surface area (TPSA) is 69.6 Å². The molecule has 3 aromatic carbocycles. The van der Waals surface area contributed by atoms with E-state index in [9.17, 15) is 18.4 Å². The molecule has 0 saturated heterocycles. The number of hydrogen-bond acceptors (Lipinski definition) is 3. The van der Waals surface area contributed by atoms with Crippen molar-refractivity contribution in [3.05, 3.63) is 95.1 Å². The minimum Gasteiger partial charge on any atom is -0.481 e. The first-order chi connectivity index (χ1) is 14.9. The highest BCUT2D eigenvalue weighted by Gasteiger charge is 2.33. The first-order valence-corrected chi connectivity index (χ1v) is 9.81. The maximum Gasteiger partial charge on any atom is 0.307 e. The molecule has 0 spiro atoms. The lowest BCUT2D eigenvalue weighted by Crippen LogP contribution is -2.49. The Labute approximate surface area is 177 Å². The van der Waals surface area contributed by atoms with Gasteiger partial charge >= 0.3 is 5.97 Å². The summed E-state index contributed by atoms with van der Waals surface area (Å²) in [6.45, 7) is 0.395. The van der Waals surface area contributed by atoms with Crippen molar-refractivity contribution in [3.8, 4) is 0 Å². The van der Waals surface area contributed by atoms with Crippen molar-refractivity contribution in [3.63, 3.8) is 0 Å². The lowest BCUT2D eigenvalue weighted by Gasteiger charge is -2.38. The maximum absolute atomic E-state index is 13.7. The summed E-state index contributed by atoms with van der Waals surface area (Å²) in [5, 5.41) is 11.8. The number of carbonyl (C=O) groups excluding carboxylic acids is 1. The van der Waals surface area contributed by atoms with Crippen molar-refractivity contribution >= 4 is 23.3 Å². The minimum atomic E-state index is -0.949. The molecule has 5 nitrogen and oxygen atoms in total. The van der Waals surface area contributed by atoms with Crippen molar-refractivity contribution in [1.29, 1.82) is 0 Å². The highest BCUT2D eigenvalue weighted by Crippen LogP contribution is 2.34. The average Bonchev–Trinajstić information content (AvgIpc) is 2.74. The molecule has 1 amide bonds. The fourth-order valence-electron chi connectivity index (χ4n) is 3.78. The number of carboxylic acids is 1. The fraction of sp³-hybridized carbons (Fsp3) is 0.167. The Morgan fingerprint density at radius 3 is 2.32 bits per heavy atom. The number of carbonyl (C=O) groups is 2. The molecular formula is C24H20F2N2O3. The van der Waals surface area contributed by atoms with Crippen LogP contribution in [0.2, 0.25) is 0 Å². The molecule has 0 bridgehead atoms. The van der Waals surface area contributed by atoms with Crippen LogP contribution in [0.3, 0.4) is 0 Å². The molecule has 0 radical (unpaired) electrons. The molecule has 3 aromatic rings. The average molecular weight is 422 g/mol. The summed E-state index contributed by atoms with van der Waals surface area (Å²) in [5.74, 6) is -3.01. The van der Waals surface area contributed by atoms with E-state index in [1.165, 1.54) is 6.07 Å². The van der Waals surface area contributed by atoms with Crippen LogP contribution in [0.25, 0.3) is 0 Å². The van der Waals surface area contributed by atoms with Gasteiger partial charge in [0, 0.05) is 13.0 Å². The number of benzene rings is 3. The van der Waals surface area contributed by atoms with Gasteiger partial charge in [0.2, 0.25) is 5.91 Å². The quantitative estimate of drug-likeness (QED) is 0.626. The van der Waals surface area contributed by atoms with Gasteiger partial charge in [-0.3, -0.25) is 9.59 Å². The number of nitrogens with zero attached hydrogens (tertiary/aromatic N) is 1. The van der Waals surface area contributed by atoms with Gasteiger partial charge < -0.3 is 15.3 Å². The number of nitrogens with one attached hydrogen (secondary N) is 1. The summed E-state index contributed by atoms with van der Waals surface area (Å²) in [5.41, 5.74) is 3.60. The number of fused-ring (bicyclic) bond motifs is 1. The second kappa shape index (κ2) is 8.55. The van der Waals surface area contributed by atoms with Gasteiger partial charge in [0.25, 0.3) is 0 Å². The Balaban J connectivity index is 1.65. The van der Waals surface area contributed by atoms with Crippen molar-refractivity contribution in [2.45, 2.75) is 25.4 Å². The van der Waals surface area contributed by atoms with E-state index in [1.807, 2.05) is 41.3 Å². The normalized spacial score (nSPS) is 15.4. The Bertz CT molecular complexity index is 1130. The van der Waals surface area contributed by atoms with Crippen LogP contribution in [0.5, 0.6) is 0 Å². The third-order valence-corrected chi connectivity index (χ3v) is 5.29. The Morgan fingerprint density at radius 2 is 1.61 bits per heavy atom. The third kappa shape index (κ3) is 4.55. The van der Waals surface area contributed by atoms with Gasteiger partial charge in [-0.05, 0) is 41.0 Å². The summed E-state index contributed by atoms with van der Waals surface area (Å²) in [6.07, 6.45) is 0.141. The van der Waals surface area contributed by atoms with Crippen molar-refractivity contribution < 1.29 is 23.5 Å². The first-order valence-electron chi connectivity index (χ1n) is 9.81. The van der Waals surface area contributed by atoms with Gasteiger partial charge in [0.15, 0.2) is 11.6 Å². The van der Waals surface area contributed by atoms with Crippen LogP contribution in [0, 0.1) is 11.6 Å². The third-order valence-electron chi connectivity index (χ3n) is 5.29. The molecule has 0 aliphatic carbocycles. The standard InChI is InChI=1S/C24H20F2N2O3/c25-18-10-9-17(11-19(18)26)12-22-24(31)27-20-3-1-2-4-21(20)28(22)14-16-7-5-15(6-8-16)13-23(29)30/h1-11,22H,12-14H2,(H,27,31)(H,29,30). The summed E-state index contributed by atoms with van der Waals surface area (Å²) in [7, 11) is 0. The molecular weight excluding hydrogens is 402 g/mol. The van der Waals surface area contributed by atoms with Crippen LogP contribution in [0.1, 0.15) is 16.7 Å². The molecule has 31 heavy (non-hydrogen) atoms. The molecule has 1 heterocycles. The highest BCUT2D eigenvalue weighted by molar-refractivity contribution is 6.03. The Morgan fingerprint density at radius 1 is 0.935 bits per heavy atom. The zero-order valence-electron chi connectivity index (χ0n) is 16.5. The van der Waals surface area contributed by atoms with Crippen molar-refractivity contribution in [2.24, 2.45) is 0 Å². The number of para-hydroxylation sites is 2. The molecule has 2 N–H and O–H groups in total. The number of amides is 1. The SMILES string of the molecule is O=C(O)Cc1ccc(CN2c3ccccc3NC(=O)C2Cc2ccc(F)c(F)c2)cc1. The number of anilines is 2. The van der Waals surface area contributed by atoms with Crippen molar-refractivity contribution in [2.75, 3.05) is 10.2 Å². The number of carboxylic acid groups (broad SMARTS) is 1. The van der Waals surface area contributed by atoms with E-state index in [4.69, 9.17) is 5.11 Å². The minimum absolute atomic E-state index is 0.0615. The van der Waals surface area contributed by atoms with Crippen LogP contribution in [-0.2, 0) is 29.0 Å².